The van der Waals surface area contributed by atoms with Crippen LogP contribution in [0.5, 0.6) is 0 Å². The van der Waals surface area contributed by atoms with Gasteiger partial charge in [0.2, 0.25) is 0 Å². The van der Waals surface area contributed by atoms with Gasteiger partial charge in [-0.2, -0.15) is 0 Å². The van der Waals surface area contributed by atoms with Gasteiger partial charge >= 0.3 is 11.9 Å². The molecular weight excluding hydrogens is 529 g/mol. The Morgan fingerprint density at radius 1 is 0.919 bits per heavy atom. The molecule has 0 spiro atoms. The van der Waals surface area contributed by atoms with Crippen LogP contribution in [0, 0.1) is 0 Å². The first kappa shape index (κ1) is 28.4. The molecule has 2 aromatic carbocycles. The molecule has 0 saturated carbocycles. The Labute approximate surface area is 221 Å². The summed E-state index contributed by atoms with van der Waals surface area (Å²) in [4.78, 5) is 50.4. The molecule has 2 aromatic rings. The van der Waals surface area contributed by atoms with Gasteiger partial charge in [0.15, 0.2) is 12.1 Å². The van der Waals surface area contributed by atoms with Crippen molar-refractivity contribution < 1.29 is 39.6 Å². The molecule has 37 heavy (non-hydrogen) atoms. The van der Waals surface area contributed by atoms with Gasteiger partial charge < -0.3 is 36.0 Å². The van der Waals surface area contributed by atoms with E-state index in [-0.39, 0.29) is 11.1 Å². The van der Waals surface area contributed by atoms with Crippen LogP contribution in [0.3, 0.4) is 0 Å². The average molecular weight is 554 g/mol. The van der Waals surface area contributed by atoms with Gasteiger partial charge in [-0.25, -0.2) is 9.59 Å². The highest BCUT2D eigenvalue weighted by molar-refractivity contribution is 6.35. The van der Waals surface area contributed by atoms with Gasteiger partial charge in [0.1, 0.15) is 0 Å². The highest BCUT2D eigenvalue weighted by Crippen LogP contribution is 2.39. The number of aliphatic hydroxyl groups is 2. The fraction of sp³-hybridized carbons (Fsp3) is 0.333. The van der Waals surface area contributed by atoms with Gasteiger partial charge in [-0.1, -0.05) is 23.2 Å². The number of carboxylic acids is 2. The number of aliphatic carboxylic acids is 2. The molecule has 11 nitrogen and oxygen atoms in total. The van der Waals surface area contributed by atoms with E-state index in [2.05, 4.69) is 10.6 Å². The van der Waals surface area contributed by atoms with E-state index in [4.69, 9.17) is 23.2 Å². The molecule has 1 aliphatic heterocycles. The van der Waals surface area contributed by atoms with E-state index >= 15 is 0 Å². The zero-order valence-electron chi connectivity index (χ0n) is 19.6. The quantitative estimate of drug-likeness (QED) is 0.263. The van der Waals surface area contributed by atoms with Crippen LogP contribution < -0.4 is 10.6 Å². The molecule has 0 saturated heterocycles. The monoisotopic (exact) mass is 553 g/mol. The van der Waals surface area contributed by atoms with Crippen molar-refractivity contribution in [3.63, 3.8) is 0 Å². The third kappa shape index (κ3) is 6.56. The van der Waals surface area contributed by atoms with E-state index in [1.54, 1.807) is 12.1 Å². The van der Waals surface area contributed by atoms with Crippen molar-refractivity contribution in [3.8, 4) is 0 Å². The largest absolute Gasteiger partial charge is 0.480 e. The third-order valence-electron chi connectivity index (χ3n) is 5.95. The highest BCUT2D eigenvalue weighted by Gasteiger charge is 2.30. The Morgan fingerprint density at radius 3 is 1.89 bits per heavy atom. The first-order chi connectivity index (χ1) is 17.4. The number of likely N-dealkylation sites (N-methyl/N-ethyl adjacent to an activating group) is 1. The van der Waals surface area contributed by atoms with Gasteiger partial charge in [0.25, 0.3) is 11.8 Å². The molecule has 3 rings (SSSR count). The lowest BCUT2D eigenvalue weighted by Gasteiger charge is -2.33. The Kier molecular flexibility index (Phi) is 9.11. The van der Waals surface area contributed by atoms with Crippen LogP contribution in [0.25, 0.3) is 0 Å². The summed E-state index contributed by atoms with van der Waals surface area (Å²) in [7, 11) is 1.86. The molecule has 0 bridgehead atoms. The summed E-state index contributed by atoms with van der Waals surface area (Å²) in [5.41, 5.74) is 1.87. The summed E-state index contributed by atoms with van der Waals surface area (Å²) < 4.78 is 0. The maximum absolute atomic E-state index is 12.9. The van der Waals surface area contributed by atoms with E-state index in [0.717, 1.165) is 11.1 Å². The Hall–Kier alpha value is -3.22. The first-order valence-corrected chi connectivity index (χ1v) is 11.8. The lowest BCUT2D eigenvalue weighted by molar-refractivity contribution is -0.141. The standard InChI is InChI=1S/C24H25Cl2N3O8/c1-29-7-16(15-5-14(25)6-18(26)17(15)8-29)11-2-12(21(32)27-19(9-30)23(34)35)4-13(3-11)22(33)28-20(10-31)24(36)37/h2-6,16,19-20,30-31H,7-10H2,1H3,(H,27,32)(H,28,33)(H,34,35)(H,36,37). The predicted octanol–water partition coefficient (Wildman–Crippen LogP) is 0.921. The molecule has 6 N–H and O–H groups in total. The van der Waals surface area contributed by atoms with Crippen molar-refractivity contribution in [1.82, 2.24) is 15.5 Å². The fourth-order valence-electron chi connectivity index (χ4n) is 4.10. The number of nitrogens with zero attached hydrogens (tertiary/aromatic N) is 1. The molecular formula is C24H25Cl2N3O8. The van der Waals surface area contributed by atoms with E-state index in [0.29, 0.717) is 28.7 Å². The van der Waals surface area contributed by atoms with E-state index in [1.165, 1.54) is 18.2 Å². The molecule has 0 aliphatic carbocycles. The summed E-state index contributed by atoms with van der Waals surface area (Å²) in [6, 6.07) is 4.31. The Morgan fingerprint density at radius 2 is 1.43 bits per heavy atom. The van der Waals surface area contributed by atoms with Crippen molar-refractivity contribution in [3.05, 3.63) is 68.2 Å². The van der Waals surface area contributed by atoms with Gasteiger partial charge in [-0.05, 0) is 54.1 Å². The molecule has 2 amide bonds. The zero-order chi connectivity index (χ0) is 27.4. The Balaban J connectivity index is 2.12. The third-order valence-corrected chi connectivity index (χ3v) is 6.50. The fourth-order valence-corrected chi connectivity index (χ4v) is 4.67. The summed E-state index contributed by atoms with van der Waals surface area (Å²) in [5, 5.41) is 42.2. The molecule has 1 aliphatic rings. The number of carbonyl (C=O) groups excluding carboxylic acids is 2. The minimum Gasteiger partial charge on any atom is -0.480 e. The number of carbonyl (C=O) groups is 4. The average Bonchev–Trinajstić information content (AvgIpc) is 2.84. The molecule has 0 fully saturated rings. The second kappa shape index (κ2) is 11.9. The second-order valence-electron chi connectivity index (χ2n) is 8.64. The number of nitrogens with one attached hydrogen (secondary N) is 2. The van der Waals surface area contributed by atoms with Gasteiger partial charge in [-0.15, -0.1) is 0 Å². The zero-order valence-corrected chi connectivity index (χ0v) is 21.1. The minimum atomic E-state index is -1.58. The molecule has 1 heterocycles. The number of benzene rings is 2. The normalized spacial score (nSPS) is 16.8. The molecule has 0 radical (unpaired) electrons. The van der Waals surface area contributed by atoms with Crippen molar-refractivity contribution in [1.29, 1.82) is 0 Å². The van der Waals surface area contributed by atoms with Crippen LogP contribution >= 0.6 is 23.2 Å². The van der Waals surface area contributed by atoms with Crippen molar-refractivity contribution in [2.75, 3.05) is 26.8 Å². The number of amides is 2. The van der Waals surface area contributed by atoms with Crippen LogP contribution in [-0.4, -0.2) is 88.0 Å². The SMILES string of the molecule is CN1Cc2c(Cl)cc(Cl)cc2C(c2cc(C(=O)NC(CO)C(=O)O)cc(C(=O)NC(CO)C(=O)O)c2)C1. The smallest absolute Gasteiger partial charge is 0.328 e. The van der Waals surface area contributed by atoms with Gasteiger partial charge in [-0.3, -0.25) is 9.59 Å². The topological polar surface area (TPSA) is 176 Å². The Bertz CT molecular complexity index is 1180. The van der Waals surface area contributed by atoms with Crippen LogP contribution in [0.15, 0.2) is 30.3 Å². The number of hydrogen-bond acceptors (Lipinski definition) is 7. The molecule has 3 unspecified atom stereocenters. The maximum Gasteiger partial charge on any atom is 0.328 e. The van der Waals surface area contributed by atoms with Crippen LogP contribution in [-0.2, 0) is 16.1 Å². The van der Waals surface area contributed by atoms with Crippen LogP contribution in [0.2, 0.25) is 10.0 Å². The lowest BCUT2D eigenvalue weighted by atomic mass is 9.83. The second-order valence-corrected chi connectivity index (χ2v) is 9.49. The molecule has 0 aromatic heterocycles. The van der Waals surface area contributed by atoms with Crippen LogP contribution in [0.4, 0.5) is 0 Å². The first-order valence-electron chi connectivity index (χ1n) is 11.1. The summed E-state index contributed by atoms with van der Waals surface area (Å²) >= 11 is 12.7. The highest BCUT2D eigenvalue weighted by atomic mass is 35.5. The summed E-state index contributed by atoms with van der Waals surface area (Å²) in [6.07, 6.45) is 0. The maximum atomic E-state index is 12.9. The van der Waals surface area contributed by atoms with E-state index < -0.39 is 55.0 Å². The molecule has 3 atom stereocenters. The van der Waals surface area contributed by atoms with Crippen molar-refractivity contribution in [2.24, 2.45) is 0 Å². The number of aliphatic hydroxyl groups excluding tert-OH is 2. The number of hydrogen-bond donors (Lipinski definition) is 6. The van der Waals surface area contributed by atoms with Gasteiger partial charge in [0, 0.05) is 40.2 Å². The van der Waals surface area contributed by atoms with E-state index in [1.807, 2.05) is 11.9 Å². The van der Waals surface area contributed by atoms with Crippen molar-refractivity contribution >= 4 is 47.0 Å². The van der Waals surface area contributed by atoms with Crippen LogP contribution in [0.1, 0.15) is 43.3 Å². The minimum absolute atomic E-state index is 0.0962. The number of halogens is 2. The molecule has 13 heteroatoms. The van der Waals surface area contributed by atoms with Gasteiger partial charge in [0.05, 0.1) is 13.2 Å². The predicted molar refractivity (Wildman–Crippen MR) is 133 cm³/mol. The van der Waals surface area contributed by atoms with E-state index in [9.17, 15) is 39.6 Å². The van der Waals surface area contributed by atoms with Crippen molar-refractivity contribution in [2.45, 2.75) is 24.5 Å². The number of rotatable bonds is 9. The lowest BCUT2D eigenvalue weighted by Crippen LogP contribution is -2.44. The summed E-state index contributed by atoms with van der Waals surface area (Å²) in [5.74, 6) is -5.07. The number of carboxylic acid groups (broad SMARTS) is 2. The number of fused-ring (bicyclic) bond motifs is 1. The molecule has 198 valence electrons. The summed E-state index contributed by atoms with van der Waals surface area (Å²) in [6.45, 7) is -0.729.